The van der Waals surface area contributed by atoms with Gasteiger partial charge in [-0.05, 0) is 19.4 Å². The van der Waals surface area contributed by atoms with Crippen molar-refractivity contribution in [2.45, 2.75) is 56.6 Å². The molecule has 21 heavy (non-hydrogen) atoms. The van der Waals surface area contributed by atoms with Crippen molar-refractivity contribution in [1.29, 1.82) is 0 Å². The van der Waals surface area contributed by atoms with Crippen molar-refractivity contribution in [3.05, 3.63) is 11.7 Å². The third-order valence-corrected chi connectivity index (χ3v) is 4.77. The molecule has 1 saturated carbocycles. The van der Waals surface area contributed by atoms with E-state index in [4.69, 9.17) is 14.0 Å². The molecule has 0 radical (unpaired) electrons. The van der Waals surface area contributed by atoms with Crippen LogP contribution >= 0.6 is 0 Å². The molecule has 2 heterocycles. The van der Waals surface area contributed by atoms with Crippen molar-refractivity contribution in [3.63, 3.8) is 0 Å². The third kappa shape index (κ3) is 2.84. The summed E-state index contributed by atoms with van der Waals surface area (Å²) in [4.78, 5) is 4.67. The van der Waals surface area contributed by atoms with Crippen molar-refractivity contribution in [3.8, 4) is 0 Å². The fourth-order valence-corrected chi connectivity index (χ4v) is 3.47. The van der Waals surface area contributed by atoms with Crippen LogP contribution in [0.1, 0.15) is 56.7 Å². The molecule has 0 bridgehead atoms. The van der Waals surface area contributed by atoms with Gasteiger partial charge in [-0.2, -0.15) is 4.98 Å². The second kappa shape index (κ2) is 6.42. The van der Waals surface area contributed by atoms with E-state index in [1.54, 1.807) is 7.11 Å². The van der Waals surface area contributed by atoms with E-state index in [1.165, 1.54) is 6.42 Å². The summed E-state index contributed by atoms with van der Waals surface area (Å²) in [5.74, 6) is 1.53. The van der Waals surface area contributed by atoms with Gasteiger partial charge in [0.15, 0.2) is 0 Å². The molecule has 118 valence electrons. The minimum Gasteiger partial charge on any atom is -0.379 e. The molecule has 2 atom stereocenters. The second-order valence-corrected chi connectivity index (χ2v) is 6.02. The molecule has 2 unspecified atom stereocenters. The normalized spacial score (nSPS) is 28.9. The molecule has 0 amide bonds. The number of aromatic nitrogens is 2. The third-order valence-electron chi connectivity index (χ3n) is 4.77. The summed E-state index contributed by atoms with van der Waals surface area (Å²) in [6, 6.07) is 0.258. The summed E-state index contributed by atoms with van der Waals surface area (Å²) in [5.41, 5.74) is -0.354. The molecule has 1 N–H and O–H groups in total. The van der Waals surface area contributed by atoms with E-state index < -0.39 is 0 Å². The summed E-state index contributed by atoms with van der Waals surface area (Å²) in [6.45, 7) is 4.34. The lowest BCUT2D eigenvalue weighted by Gasteiger charge is -2.32. The molecule has 1 aromatic heterocycles. The summed E-state index contributed by atoms with van der Waals surface area (Å²) < 4.78 is 16.9. The number of likely N-dealkylation sites (N-methyl/N-ethyl adjacent to an activating group) is 1. The average Bonchev–Trinajstić information content (AvgIpc) is 3.17. The van der Waals surface area contributed by atoms with Crippen LogP contribution in [0.25, 0.3) is 0 Å². The maximum absolute atomic E-state index is 5.78. The molecule has 2 fully saturated rings. The highest BCUT2D eigenvalue weighted by Gasteiger charge is 2.40. The Labute approximate surface area is 125 Å². The quantitative estimate of drug-likeness (QED) is 0.895. The number of nitrogens with one attached hydrogen (secondary N) is 1. The maximum Gasteiger partial charge on any atom is 0.233 e. The van der Waals surface area contributed by atoms with Gasteiger partial charge in [0.05, 0.1) is 19.1 Å². The molecular weight excluding hydrogens is 270 g/mol. The molecular formula is C15H25N3O3. The predicted octanol–water partition coefficient (Wildman–Crippen LogP) is 1.97. The van der Waals surface area contributed by atoms with Crippen molar-refractivity contribution in [2.75, 3.05) is 26.9 Å². The second-order valence-electron chi connectivity index (χ2n) is 6.02. The molecule has 3 rings (SSSR count). The van der Waals surface area contributed by atoms with E-state index in [-0.39, 0.29) is 17.6 Å². The van der Waals surface area contributed by atoms with Crippen LogP contribution in [0.15, 0.2) is 4.52 Å². The molecule has 1 aliphatic carbocycles. The molecule has 6 heteroatoms. The lowest BCUT2D eigenvalue weighted by Crippen LogP contribution is -2.34. The van der Waals surface area contributed by atoms with Crippen molar-refractivity contribution in [2.24, 2.45) is 0 Å². The van der Waals surface area contributed by atoms with Gasteiger partial charge >= 0.3 is 0 Å². The summed E-state index contributed by atoms with van der Waals surface area (Å²) in [5, 5.41) is 7.65. The highest BCUT2D eigenvalue weighted by Crippen LogP contribution is 2.39. The fourth-order valence-electron chi connectivity index (χ4n) is 3.47. The smallest absolute Gasteiger partial charge is 0.233 e. The van der Waals surface area contributed by atoms with Crippen molar-refractivity contribution >= 4 is 0 Å². The van der Waals surface area contributed by atoms with Crippen LogP contribution in [0.3, 0.4) is 0 Å². The molecule has 2 aliphatic rings. The molecule has 1 aromatic rings. The van der Waals surface area contributed by atoms with Crippen LogP contribution < -0.4 is 5.32 Å². The average molecular weight is 295 g/mol. The Morgan fingerprint density at radius 2 is 2.10 bits per heavy atom. The van der Waals surface area contributed by atoms with Gasteiger partial charge in [-0.1, -0.05) is 31.3 Å². The standard InChI is InChI=1S/C15H25N3O3/c1-3-16-12-10-20-9-11(12)13-17-14(18-21-13)15(19-2)7-5-4-6-8-15/h11-12,16H,3-10H2,1-2H3. The lowest BCUT2D eigenvalue weighted by molar-refractivity contribution is -0.0527. The van der Waals surface area contributed by atoms with Gasteiger partial charge in [0, 0.05) is 13.2 Å². The van der Waals surface area contributed by atoms with E-state index in [1.807, 2.05) is 0 Å². The van der Waals surface area contributed by atoms with E-state index in [9.17, 15) is 0 Å². The van der Waals surface area contributed by atoms with Crippen LogP contribution in [0.5, 0.6) is 0 Å². The van der Waals surface area contributed by atoms with Crippen LogP contribution in [0.2, 0.25) is 0 Å². The summed E-state index contributed by atoms with van der Waals surface area (Å²) >= 11 is 0. The first-order valence-corrected chi connectivity index (χ1v) is 7.99. The first kappa shape index (κ1) is 14.9. The molecule has 6 nitrogen and oxygen atoms in total. The number of nitrogens with zero attached hydrogens (tertiary/aromatic N) is 2. The minimum absolute atomic E-state index is 0.142. The first-order valence-electron chi connectivity index (χ1n) is 7.99. The molecule has 0 aromatic carbocycles. The number of rotatable bonds is 5. The number of hydrogen-bond donors (Lipinski definition) is 1. The maximum atomic E-state index is 5.78. The van der Waals surface area contributed by atoms with E-state index in [0.29, 0.717) is 24.9 Å². The van der Waals surface area contributed by atoms with Gasteiger partial charge in [-0.15, -0.1) is 0 Å². The van der Waals surface area contributed by atoms with E-state index in [2.05, 4.69) is 22.4 Å². The van der Waals surface area contributed by atoms with Gasteiger partial charge in [-0.25, -0.2) is 0 Å². The van der Waals surface area contributed by atoms with E-state index in [0.717, 1.165) is 32.2 Å². The highest BCUT2D eigenvalue weighted by molar-refractivity contribution is 5.08. The van der Waals surface area contributed by atoms with Gasteiger partial charge in [0.2, 0.25) is 11.7 Å². The zero-order valence-electron chi connectivity index (χ0n) is 12.9. The minimum atomic E-state index is -0.354. The SMILES string of the molecule is CCNC1COCC1c1nc(C2(OC)CCCCC2)no1. The van der Waals surface area contributed by atoms with Gasteiger partial charge in [0.1, 0.15) is 5.60 Å². The van der Waals surface area contributed by atoms with Crippen molar-refractivity contribution < 1.29 is 14.0 Å². The molecule has 1 saturated heterocycles. The fraction of sp³-hybridized carbons (Fsp3) is 0.867. The first-order chi connectivity index (χ1) is 10.3. The van der Waals surface area contributed by atoms with E-state index >= 15 is 0 Å². The zero-order chi connectivity index (χ0) is 14.7. The lowest BCUT2D eigenvalue weighted by atomic mass is 9.84. The van der Waals surface area contributed by atoms with Crippen LogP contribution in [0.4, 0.5) is 0 Å². The number of methoxy groups -OCH3 is 1. The Balaban J connectivity index is 1.79. The topological polar surface area (TPSA) is 69.4 Å². The Morgan fingerprint density at radius 3 is 2.81 bits per heavy atom. The largest absolute Gasteiger partial charge is 0.379 e. The Kier molecular flexibility index (Phi) is 4.57. The van der Waals surface area contributed by atoms with Gasteiger partial charge in [0.25, 0.3) is 0 Å². The van der Waals surface area contributed by atoms with Crippen LogP contribution in [-0.4, -0.2) is 43.1 Å². The van der Waals surface area contributed by atoms with Crippen LogP contribution in [0, 0.1) is 0 Å². The van der Waals surface area contributed by atoms with Crippen molar-refractivity contribution in [1.82, 2.24) is 15.5 Å². The predicted molar refractivity (Wildman–Crippen MR) is 77.1 cm³/mol. The molecule has 0 spiro atoms. The Bertz CT molecular complexity index is 457. The zero-order valence-corrected chi connectivity index (χ0v) is 12.9. The summed E-state index contributed by atoms with van der Waals surface area (Å²) in [7, 11) is 1.75. The monoisotopic (exact) mass is 295 g/mol. The van der Waals surface area contributed by atoms with Crippen LogP contribution in [-0.2, 0) is 15.1 Å². The highest BCUT2D eigenvalue weighted by atomic mass is 16.5. The van der Waals surface area contributed by atoms with Gasteiger partial charge < -0.3 is 19.3 Å². The Morgan fingerprint density at radius 1 is 1.29 bits per heavy atom. The van der Waals surface area contributed by atoms with Gasteiger partial charge in [-0.3, -0.25) is 0 Å². The number of ether oxygens (including phenoxy) is 2. The number of hydrogen-bond acceptors (Lipinski definition) is 6. The molecule has 1 aliphatic heterocycles. The Hall–Kier alpha value is -0.980. The summed E-state index contributed by atoms with van der Waals surface area (Å²) in [6.07, 6.45) is 5.52.